The molecule has 2 aromatic carbocycles. The second-order valence-corrected chi connectivity index (χ2v) is 4.36. The number of nitrogens with one attached hydrogen (secondary N) is 1. The Hall–Kier alpha value is -2.89. The number of halogens is 1. The molecule has 0 heterocycles. The van der Waals surface area contributed by atoms with E-state index < -0.39 is 24.3 Å². The lowest BCUT2D eigenvalue weighted by Crippen LogP contribution is -2.20. The highest BCUT2D eigenvalue weighted by Crippen LogP contribution is 2.13. The quantitative estimate of drug-likeness (QED) is 0.862. The maximum Gasteiger partial charge on any atom is 0.338 e. The standard InChI is InChI=1S/C16H14FNO4/c1-21-14-4-2-3-11(9-14)16(20)22-10-15(19)18-13-7-5-12(17)6-8-13/h2-9H,10H2,1H3,(H,18,19). The zero-order valence-electron chi connectivity index (χ0n) is 11.8. The van der Waals surface area contributed by atoms with Crippen LogP contribution >= 0.6 is 0 Å². The Bertz CT molecular complexity index is 670. The molecule has 0 unspecified atom stereocenters. The molecule has 2 rings (SSSR count). The summed E-state index contributed by atoms with van der Waals surface area (Å²) in [6, 6.07) is 11.7. The molecule has 0 bridgehead atoms. The molecule has 5 nitrogen and oxygen atoms in total. The molecule has 0 fully saturated rings. The first-order chi connectivity index (χ1) is 10.6. The second-order valence-electron chi connectivity index (χ2n) is 4.36. The van der Waals surface area contributed by atoms with Gasteiger partial charge in [-0.2, -0.15) is 0 Å². The number of benzene rings is 2. The van der Waals surface area contributed by atoms with Crippen LogP contribution in [0.1, 0.15) is 10.4 Å². The molecule has 1 amide bonds. The van der Waals surface area contributed by atoms with Crippen molar-refractivity contribution in [3.8, 4) is 5.75 Å². The minimum absolute atomic E-state index is 0.286. The second kappa shape index (κ2) is 7.21. The van der Waals surface area contributed by atoms with Crippen LogP contribution in [-0.2, 0) is 9.53 Å². The Labute approximate surface area is 126 Å². The summed E-state index contributed by atoms with van der Waals surface area (Å²) < 4.78 is 22.6. The van der Waals surface area contributed by atoms with Crippen LogP contribution in [0.15, 0.2) is 48.5 Å². The first-order valence-corrected chi connectivity index (χ1v) is 6.45. The number of hydrogen-bond donors (Lipinski definition) is 1. The van der Waals surface area contributed by atoms with E-state index in [0.717, 1.165) is 0 Å². The number of rotatable bonds is 5. The molecule has 22 heavy (non-hydrogen) atoms. The Morgan fingerprint density at radius 1 is 1.14 bits per heavy atom. The molecule has 0 saturated carbocycles. The normalized spacial score (nSPS) is 9.91. The molecular weight excluding hydrogens is 289 g/mol. The molecule has 0 aliphatic heterocycles. The highest BCUT2D eigenvalue weighted by Gasteiger charge is 2.11. The van der Waals surface area contributed by atoms with Gasteiger partial charge < -0.3 is 14.8 Å². The number of methoxy groups -OCH3 is 1. The fourth-order valence-corrected chi connectivity index (χ4v) is 1.69. The summed E-state index contributed by atoms with van der Waals surface area (Å²) in [6.45, 7) is -0.437. The minimum Gasteiger partial charge on any atom is -0.497 e. The lowest BCUT2D eigenvalue weighted by molar-refractivity contribution is -0.119. The van der Waals surface area contributed by atoms with Gasteiger partial charge in [0, 0.05) is 5.69 Å². The summed E-state index contributed by atoms with van der Waals surface area (Å²) in [6.07, 6.45) is 0. The summed E-state index contributed by atoms with van der Waals surface area (Å²) in [5, 5.41) is 2.49. The highest BCUT2D eigenvalue weighted by atomic mass is 19.1. The average Bonchev–Trinajstić information content (AvgIpc) is 2.55. The molecule has 0 aliphatic carbocycles. The monoisotopic (exact) mass is 303 g/mol. The Morgan fingerprint density at radius 3 is 2.55 bits per heavy atom. The fraction of sp³-hybridized carbons (Fsp3) is 0.125. The largest absolute Gasteiger partial charge is 0.497 e. The number of hydrogen-bond acceptors (Lipinski definition) is 4. The lowest BCUT2D eigenvalue weighted by atomic mass is 10.2. The van der Waals surface area contributed by atoms with Crippen molar-refractivity contribution in [3.05, 3.63) is 59.9 Å². The molecule has 0 aliphatic rings. The third-order valence-corrected chi connectivity index (χ3v) is 2.77. The summed E-state index contributed by atoms with van der Waals surface area (Å²) >= 11 is 0. The summed E-state index contributed by atoms with van der Waals surface area (Å²) in [5.74, 6) is -1.02. The van der Waals surface area contributed by atoms with Gasteiger partial charge in [-0.25, -0.2) is 9.18 Å². The van der Waals surface area contributed by atoms with Gasteiger partial charge in [0.25, 0.3) is 5.91 Å². The molecule has 0 radical (unpaired) electrons. The van der Waals surface area contributed by atoms with E-state index in [2.05, 4.69) is 5.32 Å². The van der Waals surface area contributed by atoms with E-state index in [1.54, 1.807) is 18.2 Å². The first-order valence-electron chi connectivity index (χ1n) is 6.45. The van der Waals surface area contributed by atoms with Crippen LogP contribution in [0.4, 0.5) is 10.1 Å². The molecule has 0 aromatic heterocycles. The third kappa shape index (κ3) is 4.31. The molecule has 6 heteroatoms. The molecular formula is C16H14FNO4. The van der Waals surface area contributed by atoms with Crippen molar-refractivity contribution in [2.45, 2.75) is 0 Å². The average molecular weight is 303 g/mol. The van der Waals surface area contributed by atoms with Crippen LogP contribution in [-0.4, -0.2) is 25.6 Å². The smallest absolute Gasteiger partial charge is 0.338 e. The predicted octanol–water partition coefficient (Wildman–Crippen LogP) is 2.63. The lowest BCUT2D eigenvalue weighted by Gasteiger charge is -2.07. The van der Waals surface area contributed by atoms with E-state index in [0.29, 0.717) is 11.4 Å². The van der Waals surface area contributed by atoms with Crippen LogP contribution in [0.5, 0.6) is 5.75 Å². The van der Waals surface area contributed by atoms with Gasteiger partial charge in [0.15, 0.2) is 6.61 Å². The summed E-state index contributed by atoms with van der Waals surface area (Å²) in [4.78, 5) is 23.5. The molecule has 0 spiro atoms. The van der Waals surface area contributed by atoms with Crippen LogP contribution in [0, 0.1) is 5.82 Å². The number of esters is 1. The van der Waals surface area contributed by atoms with Crippen molar-refractivity contribution in [2.24, 2.45) is 0 Å². The third-order valence-electron chi connectivity index (χ3n) is 2.77. The van der Waals surface area contributed by atoms with Gasteiger partial charge in [0.05, 0.1) is 12.7 Å². The van der Waals surface area contributed by atoms with Gasteiger partial charge in [-0.3, -0.25) is 4.79 Å². The number of amides is 1. The molecule has 0 atom stereocenters. The van der Waals surface area contributed by atoms with Crippen molar-refractivity contribution < 1.29 is 23.5 Å². The van der Waals surface area contributed by atoms with Crippen LogP contribution in [0.25, 0.3) is 0 Å². The number of anilines is 1. The fourth-order valence-electron chi connectivity index (χ4n) is 1.69. The minimum atomic E-state index is -0.631. The van der Waals surface area contributed by atoms with Crippen molar-refractivity contribution in [3.63, 3.8) is 0 Å². The highest BCUT2D eigenvalue weighted by molar-refractivity contribution is 5.95. The molecule has 0 saturated heterocycles. The number of carbonyl (C=O) groups excluding carboxylic acids is 2. The Morgan fingerprint density at radius 2 is 1.86 bits per heavy atom. The first kappa shape index (κ1) is 15.5. The van der Waals surface area contributed by atoms with Gasteiger partial charge in [-0.15, -0.1) is 0 Å². The zero-order chi connectivity index (χ0) is 15.9. The number of carbonyl (C=O) groups is 2. The van der Waals surface area contributed by atoms with Crippen LogP contribution < -0.4 is 10.1 Å². The van der Waals surface area contributed by atoms with Crippen molar-refractivity contribution >= 4 is 17.6 Å². The van der Waals surface area contributed by atoms with Gasteiger partial charge in [0.2, 0.25) is 0 Å². The van der Waals surface area contributed by atoms with E-state index in [4.69, 9.17) is 9.47 Å². The zero-order valence-corrected chi connectivity index (χ0v) is 11.8. The maximum atomic E-state index is 12.7. The SMILES string of the molecule is COc1cccc(C(=O)OCC(=O)Nc2ccc(F)cc2)c1. The maximum absolute atomic E-state index is 12.7. The van der Waals surface area contributed by atoms with Crippen molar-refractivity contribution in [1.29, 1.82) is 0 Å². The number of ether oxygens (including phenoxy) is 2. The van der Waals surface area contributed by atoms with Gasteiger partial charge in [0.1, 0.15) is 11.6 Å². The molecule has 1 N–H and O–H groups in total. The van der Waals surface area contributed by atoms with Crippen molar-refractivity contribution in [1.82, 2.24) is 0 Å². The predicted molar refractivity (Wildman–Crippen MR) is 78.3 cm³/mol. The molecule has 114 valence electrons. The van der Waals surface area contributed by atoms with Gasteiger partial charge >= 0.3 is 5.97 Å². The van der Waals surface area contributed by atoms with Crippen LogP contribution in [0.2, 0.25) is 0 Å². The topological polar surface area (TPSA) is 64.6 Å². The summed E-state index contributed by atoms with van der Waals surface area (Å²) in [5.41, 5.74) is 0.706. The van der Waals surface area contributed by atoms with E-state index in [1.165, 1.54) is 37.4 Å². The van der Waals surface area contributed by atoms with Crippen LogP contribution in [0.3, 0.4) is 0 Å². The van der Waals surface area contributed by atoms with E-state index in [9.17, 15) is 14.0 Å². The molecule has 2 aromatic rings. The summed E-state index contributed by atoms with van der Waals surface area (Å²) in [7, 11) is 1.49. The van der Waals surface area contributed by atoms with E-state index in [1.807, 2.05) is 0 Å². The van der Waals surface area contributed by atoms with E-state index >= 15 is 0 Å². The van der Waals surface area contributed by atoms with Gasteiger partial charge in [-0.05, 0) is 42.5 Å². The van der Waals surface area contributed by atoms with E-state index in [-0.39, 0.29) is 5.56 Å². The van der Waals surface area contributed by atoms with Crippen molar-refractivity contribution in [2.75, 3.05) is 19.0 Å². The Kier molecular flexibility index (Phi) is 5.08. The Balaban J connectivity index is 1.87. The van der Waals surface area contributed by atoms with Gasteiger partial charge in [-0.1, -0.05) is 6.07 Å².